The van der Waals surface area contributed by atoms with Crippen molar-refractivity contribution in [2.24, 2.45) is 10.9 Å². The lowest BCUT2D eigenvalue weighted by atomic mass is 9.91. The van der Waals surface area contributed by atoms with Crippen molar-refractivity contribution in [2.45, 2.75) is 51.2 Å². The van der Waals surface area contributed by atoms with Crippen LogP contribution in [0.15, 0.2) is 47.6 Å². The molecule has 1 aliphatic heterocycles. The van der Waals surface area contributed by atoms with E-state index in [1.54, 1.807) is 0 Å². The molecule has 3 heterocycles. The minimum Gasteiger partial charge on any atom is -0.348 e. The maximum atomic E-state index is 9.18. The van der Waals surface area contributed by atoms with Gasteiger partial charge < -0.3 is 14.4 Å². The number of nitrogens with zero attached hydrogens (tertiary/aromatic N) is 8. The Balaban J connectivity index is 1.39. The highest BCUT2D eigenvalue weighted by molar-refractivity contribution is 5.80. The van der Waals surface area contributed by atoms with E-state index in [0.717, 1.165) is 69.2 Å². The Morgan fingerprint density at radius 2 is 2.00 bits per heavy atom. The monoisotopic (exact) mass is 484 g/mol. The predicted molar refractivity (Wildman–Crippen MR) is 142 cm³/mol. The quantitative estimate of drug-likeness (QED) is 0.309. The Labute approximate surface area is 213 Å². The second kappa shape index (κ2) is 10.7. The van der Waals surface area contributed by atoms with E-state index in [9.17, 15) is 5.26 Å². The molecule has 0 N–H and O–H groups in total. The van der Waals surface area contributed by atoms with Crippen molar-refractivity contribution in [3.63, 3.8) is 0 Å². The van der Waals surface area contributed by atoms with Gasteiger partial charge in [0, 0.05) is 39.9 Å². The molecular weight excluding hydrogens is 448 g/mol. The molecule has 0 bridgehead atoms. The minimum absolute atomic E-state index is 0.318. The molecule has 2 atom stereocenters. The molecule has 0 unspecified atom stereocenters. The molecule has 8 nitrogen and oxygen atoms in total. The zero-order chi connectivity index (χ0) is 25.1. The van der Waals surface area contributed by atoms with Gasteiger partial charge in [-0.15, -0.1) is 4.99 Å². The fourth-order valence-electron chi connectivity index (χ4n) is 5.95. The number of hydrogen-bond acceptors (Lipinski definition) is 5. The second-order valence-corrected chi connectivity index (χ2v) is 10.4. The summed E-state index contributed by atoms with van der Waals surface area (Å²) in [5.74, 6) is 2.32. The van der Waals surface area contributed by atoms with E-state index in [-0.39, 0.29) is 0 Å². The van der Waals surface area contributed by atoms with Gasteiger partial charge in [-0.3, -0.25) is 9.88 Å². The molecule has 1 saturated heterocycles. The van der Waals surface area contributed by atoms with E-state index >= 15 is 0 Å². The van der Waals surface area contributed by atoms with Crippen LogP contribution in [0.25, 0.3) is 11.0 Å². The van der Waals surface area contributed by atoms with Crippen molar-refractivity contribution in [2.75, 3.05) is 34.2 Å². The van der Waals surface area contributed by atoms with Crippen molar-refractivity contribution >= 4 is 17.0 Å². The van der Waals surface area contributed by atoms with E-state index in [4.69, 9.17) is 9.97 Å². The second-order valence-electron chi connectivity index (χ2n) is 10.4. The first-order chi connectivity index (χ1) is 17.5. The summed E-state index contributed by atoms with van der Waals surface area (Å²) in [5, 5.41) is 9.18. The van der Waals surface area contributed by atoms with Crippen LogP contribution in [0.4, 0.5) is 0 Å². The maximum absolute atomic E-state index is 9.18. The number of fused-ring (bicyclic) bond motifs is 2. The maximum Gasteiger partial charge on any atom is 0.212 e. The average molecular weight is 485 g/mol. The van der Waals surface area contributed by atoms with Gasteiger partial charge in [-0.05, 0) is 68.8 Å². The van der Waals surface area contributed by atoms with Crippen molar-refractivity contribution in [3.05, 3.63) is 59.7 Å². The number of rotatable bonds is 5. The number of aliphatic imine (C=N–C) groups is 1. The van der Waals surface area contributed by atoms with Crippen molar-refractivity contribution < 1.29 is 0 Å². The number of aromatic nitrogens is 3. The van der Waals surface area contributed by atoms with Crippen LogP contribution >= 0.6 is 0 Å². The normalized spacial score (nSPS) is 20.4. The van der Waals surface area contributed by atoms with Gasteiger partial charge in [0.05, 0.1) is 29.3 Å². The molecule has 0 radical (unpaired) electrons. The van der Waals surface area contributed by atoms with Gasteiger partial charge in [-0.2, -0.15) is 5.26 Å². The van der Waals surface area contributed by atoms with Gasteiger partial charge in [0.15, 0.2) is 0 Å². The van der Waals surface area contributed by atoms with Crippen LogP contribution in [-0.2, 0) is 19.5 Å². The van der Waals surface area contributed by atoms with Gasteiger partial charge >= 0.3 is 0 Å². The van der Waals surface area contributed by atoms with Crippen LogP contribution in [0.1, 0.15) is 48.8 Å². The first-order valence-electron chi connectivity index (χ1n) is 13.0. The number of para-hydroxylation sites is 2. The lowest BCUT2D eigenvalue weighted by Gasteiger charge is -2.37. The molecule has 1 aromatic carbocycles. The van der Waals surface area contributed by atoms with Gasteiger partial charge in [0.1, 0.15) is 5.82 Å². The molecule has 1 aliphatic carbocycles. The zero-order valence-corrected chi connectivity index (χ0v) is 21.6. The first kappa shape index (κ1) is 24.3. The van der Waals surface area contributed by atoms with Crippen LogP contribution in [0.5, 0.6) is 0 Å². The summed E-state index contributed by atoms with van der Waals surface area (Å²) < 4.78 is 2.43. The number of guanidine groups is 1. The molecule has 0 spiro atoms. The minimum atomic E-state index is 0.318. The van der Waals surface area contributed by atoms with Crippen molar-refractivity contribution in [3.8, 4) is 6.19 Å². The van der Waals surface area contributed by atoms with Crippen LogP contribution < -0.4 is 0 Å². The number of nitriles is 1. The number of benzene rings is 1. The van der Waals surface area contributed by atoms with Gasteiger partial charge in [0.25, 0.3) is 0 Å². The molecule has 2 aliphatic rings. The molecule has 0 saturated carbocycles. The SMILES string of the molecule is CN(C)C(=NC#N)N1CCC[C@@H](Cn2c(CN(C)[C@H]3CCCc4cccnc43)nc3ccccc32)C1. The summed E-state index contributed by atoms with van der Waals surface area (Å²) in [4.78, 5) is 20.6. The molecule has 1 fully saturated rings. The third-order valence-corrected chi connectivity index (χ3v) is 7.61. The Hall–Kier alpha value is -3.44. The highest BCUT2D eigenvalue weighted by atomic mass is 15.4. The number of imidazole rings is 1. The van der Waals surface area contributed by atoms with Gasteiger partial charge in [-0.1, -0.05) is 18.2 Å². The molecule has 2 aromatic heterocycles. The number of aryl methyl sites for hydroxylation is 1. The fraction of sp³-hybridized carbons (Fsp3) is 0.500. The Morgan fingerprint density at radius 3 is 2.83 bits per heavy atom. The van der Waals surface area contributed by atoms with E-state index in [1.165, 1.54) is 23.2 Å². The Morgan fingerprint density at radius 1 is 1.14 bits per heavy atom. The molecule has 36 heavy (non-hydrogen) atoms. The van der Waals surface area contributed by atoms with Crippen LogP contribution in [-0.4, -0.2) is 69.4 Å². The highest BCUT2D eigenvalue weighted by Gasteiger charge is 2.28. The van der Waals surface area contributed by atoms with Gasteiger partial charge in [0.2, 0.25) is 12.2 Å². The fourth-order valence-corrected chi connectivity index (χ4v) is 5.95. The molecule has 5 rings (SSSR count). The average Bonchev–Trinajstić information content (AvgIpc) is 3.23. The number of likely N-dealkylation sites (tertiary alicyclic amines) is 1. The number of pyridine rings is 1. The summed E-state index contributed by atoms with van der Waals surface area (Å²) in [7, 11) is 6.12. The zero-order valence-electron chi connectivity index (χ0n) is 21.6. The number of hydrogen-bond donors (Lipinski definition) is 0. The van der Waals surface area contributed by atoms with Crippen LogP contribution in [0, 0.1) is 17.4 Å². The topological polar surface area (TPSA) is 76.6 Å². The summed E-state index contributed by atoms with van der Waals surface area (Å²) in [6.07, 6.45) is 9.60. The molecule has 188 valence electrons. The smallest absolute Gasteiger partial charge is 0.212 e. The molecule has 3 aromatic rings. The molecular formula is C28H36N8. The lowest BCUT2D eigenvalue weighted by Crippen LogP contribution is -2.46. The standard InChI is InChI=1S/C28H36N8/c1-33(2)28(31-20-29)35-16-8-9-21(17-35)18-36-24-13-5-4-12-23(24)32-26(36)19-34(3)25-14-6-10-22-11-7-15-30-27(22)25/h4-5,7,11-13,15,21,25H,6,8-10,14,16-19H2,1-3H3/t21-,25+/m1/s1. The van der Waals surface area contributed by atoms with Crippen molar-refractivity contribution in [1.82, 2.24) is 29.2 Å². The third-order valence-electron chi connectivity index (χ3n) is 7.61. The van der Waals surface area contributed by atoms with Crippen LogP contribution in [0.3, 0.4) is 0 Å². The first-order valence-corrected chi connectivity index (χ1v) is 13.0. The van der Waals surface area contributed by atoms with E-state index in [1.807, 2.05) is 31.4 Å². The third kappa shape index (κ3) is 4.93. The van der Waals surface area contributed by atoms with Gasteiger partial charge in [-0.25, -0.2) is 4.98 Å². The Kier molecular flexibility index (Phi) is 7.19. The summed E-state index contributed by atoms with van der Waals surface area (Å²) >= 11 is 0. The van der Waals surface area contributed by atoms with E-state index in [2.05, 4.69) is 62.8 Å². The van der Waals surface area contributed by atoms with E-state index < -0.39 is 0 Å². The number of piperidine rings is 1. The summed E-state index contributed by atoms with van der Waals surface area (Å²) in [5.41, 5.74) is 4.85. The lowest BCUT2D eigenvalue weighted by molar-refractivity contribution is 0.194. The molecule has 0 amide bonds. The largest absolute Gasteiger partial charge is 0.348 e. The van der Waals surface area contributed by atoms with Crippen LogP contribution in [0.2, 0.25) is 0 Å². The summed E-state index contributed by atoms with van der Waals surface area (Å²) in [6.45, 7) is 3.52. The van der Waals surface area contributed by atoms with Crippen molar-refractivity contribution in [1.29, 1.82) is 5.26 Å². The predicted octanol–water partition coefficient (Wildman–Crippen LogP) is 4.05. The Bertz CT molecular complexity index is 1270. The highest BCUT2D eigenvalue weighted by Crippen LogP contribution is 2.33. The summed E-state index contributed by atoms with van der Waals surface area (Å²) in [6, 6.07) is 13.1. The molecule has 8 heteroatoms. The van der Waals surface area contributed by atoms with E-state index in [0.29, 0.717) is 12.0 Å².